The Morgan fingerprint density at radius 1 is 1.47 bits per heavy atom. The van der Waals surface area contributed by atoms with Crippen LogP contribution in [0.4, 0.5) is 0 Å². The second-order valence-corrected chi connectivity index (χ2v) is 5.15. The average Bonchev–Trinajstić information content (AvgIpc) is 2.28. The molecule has 0 saturated carbocycles. The molecule has 0 bridgehead atoms. The van der Waals surface area contributed by atoms with E-state index >= 15 is 0 Å². The monoisotopic (exact) mass is 229 g/mol. The lowest BCUT2D eigenvalue weighted by Crippen LogP contribution is -2.26. The molecule has 0 aliphatic heterocycles. The molecule has 0 fully saturated rings. The molecule has 0 saturated heterocycles. The maximum Gasteiger partial charge on any atom is 0.244 e. The topological polar surface area (TPSA) is 76.3 Å². The number of pyridine rings is 1. The Hall–Kier alpha value is -0.980. The molecule has 0 radical (unpaired) electrons. The van der Waals surface area contributed by atoms with Gasteiger partial charge < -0.3 is 5.73 Å². The van der Waals surface area contributed by atoms with Crippen molar-refractivity contribution < 1.29 is 8.42 Å². The molecule has 0 aromatic carbocycles. The van der Waals surface area contributed by atoms with Crippen LogP contribution in [0.2, 0.25) is 0 Å². The normalized spacial score (nSPS) is 12.0. The summed E-state index contributed by atoms with van der Waals surface area (Å²) in [5.41, 5.74) is 6.05. The Morgan fingerprint density at radius 3 is 2.53 bits per heavy atom. The Labute approximate surface area is 90.0 Å². The summed E-state index contributed by atoms with van der Waals surface area (Å²) in [5.74, 6) is 0. The first-order chi connectivity index (χ1) is 7.02. The minimum absolute atomic E-state index is 0.198. The third-order valence-corrected chi connectivity index (χ3v) is 4.08. The zero-order valence-corrected chi connectivity index (χ0v) is 9.66. The highest BCUT2D eigenvalue weighted by molar-refractivity contribution is 7.89. The Kier molecular flexibility index (Phi) is 3.78. The van der Waals surface area contributed by atoms with Crippen LogP contribution in [-0.4, -0.2) is 31.3 Å². The highest BCUT2D eigenvalue weighted by Gasteiger charge is 2.19. The lowest BCUT2D eigenvalue weighted by molar-refractivity contribution is 0.486. The third kappa shape index (κ3) is 2.53. The van der Waals surface area contributed by atoms with Crippen molar-refractivity contribution in [3.63, 3.8) is 0 Å². The Bertz CT molecular complexity index is 413. The first kappa shape index (κ1) is 12.1. The second kappa shape index (κ2) is 4.69. The van der Waals surface area contributed by atoms with E-state index in [0.717, 1.165) is 0 Å². The third-order valence-electron chi connectivity index (χ3n) is 2.16. The summed E-state index contributed by atoms with van der Waals surface area (Å²) < 4.78 is 24.9. The number of rotatable bonds is 4. The second-order valence-electron chi connectivity index (χ2n) is 3.11. The predicted molar refractivity (Wildman–Crippen MR) is 57.6 cm³/mol. The van der Waals surface area contributed by atoms with Crippen molar-refractivity contribution in [3.8, 4) is 0 Å². The zero-order valence-electron chi connectivity index (χ0n) is 8.84. The largest absolute Gasteiger partial charge is 0.325 e. The average molecular weight is 229 g/mol. The SMILES string of the molecule is CCN(C)S(=O)(=O)c1ccc(CN)nc1. The van der Waals surface area contributed by atoms with Gasteiger partial charge in [-0.05, 0) is 12.1 Å². The molecular weight excluding hydrogens is 214 g/mol. The van der Waals surface area contributed by atoms with Gasteiger partial charge in [-0.2, -0.15) is 0 Å². The highest BCUT2D eigenvalue weighted by Crippen LogP contribution is 2.12. The van der Waals surface area contributed by atoms with Crippen molar-refractivity contribution in [1.82, 2.24) is 9.29 Å². The molecule has 5 nitrogen and oxygen atoms in total. The fraction of sp³-hybridized carbons (Fsp3) is 0.444. The smallest absolute Gasteiger partial charge is 0.244 e. The lowest BCUT2D eigenvalue weighted by atomic mass is 10.4. The Balaban J connectivity index is 3.06. The standard InChI is InChI=1S/C9H15N3O2S/c1-3-12(2)15(13,14)9-5-4-8(6-10)11-7-9/h4-5,7H,3,6,10H2,1-2H3. The summed E-state index contributed by atoms with van der Waals surface area (Å²) in [7, 11) is -1.85. The Morgan fingerprint density at radius 2 is 2.13 bits per heavy atom. The number of sulfonamides is 1. The van der Waals surface area contributed by atoms with Crippen LogP contribution >= 0.6 is 0 Å². The minimum atomic E-state index is -3.38. The van der Waals surface area contributed by atoms with Crippen LogP contribution in [0, 0.1) is 0 Å². The fourth-order valence-electron chi connectivity index (χ4n) is 1.03. The zero-order chi connectivity index (χ0) is 11.5. The van der Waals surface area contributed by atoms with Gasteiger partial charge in [-0.15, -0.1) is 0 Å². The van der Waals surface area contributed by atoms with Crippen molar-refractivity contribution in [1.29, 1.82) is 0 Å². The van der Waals surface area contributed by atoms with Gasteiger partial charge in [0.05, 0.1) is 5.69 Å². The summed E-state index contributed by atoms with van der Waals surface area (Å²) in [6.45, 7) is 2.52. The summed E-state index contributed by atoms with van der Waals surface area (Å²) in [6.07, 6.45) is 1.34. The van der Waals surface area contributed by atoms with Crippen LogP contribution in [0.3, 0.4) is 0 Å². The van der Waals surface area contributed by atoms with E-state index in [1.54, 1.807) is 13.0 Å². The summed E-state index contributed by atoms with van der Waals surface area (Å²) in [5, 5.41) is 0. The molecule has 0 spiro atoms. The van der Waals surface area contributed by atoms with Gasteiger partial charge in [-0.1, -0.05) is 6.92 Å². The van der Waals surface area contributed by atoms with Crippen molar-refractivity contribution >= 4 is 10.0 Å². The molecule has 2 N–H and O–H groups in total. The van der Waals surface area contributed by atoms with E-state index in [0.29, 0.717) is 18.8 Å². The summed E-state index contributed by atoms with van der Waals surface area (Å²) >= 11 is 0. The van der Waals surface area contributed by atoms with E-state index in [4.69, 9.17) is 5.73 Å². The van der Waals surface area contributed by atoms with Crippen LogP contribution in [0.5, 0.6) is 0 Å². The van der Waals surface area contributed by atoms with E-state index in [-0.39, 0.29) is 4.90 Å². The first-order valence-corrected chi connectivity index (χ1v) is 6.07. The van der Waals surface area contributed by atoms with Crippen LogP contribution in [0.15, 0.2) is 23.2 Å². The quantitative estimate of drug-likeness (QED) is 0.799. The van der Waals surface area contributed by atoms with Gasteiger partial charge in [-0.25, -0.2) is 12.7 Å². The summed E-state index contributed by atoms with van der Waals surface area (Å²) in [4.78, 5) is 4.15. The van der Waals surface area contributed by atoms with Gasteiger partial charge in [-0.3, -0.25) is 4.98 Å². The van der Waals surface area contributed by atoms with Crippen molar-refractivity contribution in [2.45, 2.75) is 18.4 Å². The van der Waals surface area contributed by atoms with Crippen molar-refractivity contribution in [2.75, 3.05) is 13.6 Å². The van der Waals surface area contributed by atoms with Gasteiger partial charge in [0.2, 0.25) is 10.0 Å². The van der Waals surface area contributed by atoms with E-state index in [9.17, 15) is 8.42 Å². The van der Waals surface area contributed by atoms with E-state index in [2.05, 4.69) is 4.98 Å². The van der Waals surface area contributed by atoms with Crippen LogP contribution in [-0.2, 0) is 16.6 Å². The highest BCUT2D eigenvalue weighted by atomic mass is 32.2. The van der Waals surface area contributed by atoms with E-state index in [1.165, 1.54) is 23.6 Å². The van der Waals surface area contributed by atoms with Crippen molar-refractivity contribution in [2.24, 2.45) is 5.73 Å². The molecule has 84 valence electrons. The number of nitrogens with zero attached hydrogens (tertiary/aromatic N) is 2. The lowest BCUT2D eigenvalue weighted by Gasteiger charge is -2.14. The molecule has 0 amide bonds. The number of hydrogen-bond donors (Lipinski definition) is 1. The van der Waals surface area contributed by atoms with Crippen molar-refractivity contribution in [3.05, 3.63) is 24.0 Å². The molecule has 0 unspecified atom stereocenters. The fourth-order valence-corrected chi connectivity index (χ4v) is 2.16. The molecule has 1 heterocycles. The van der Waals surface area contributed by atoms with Gasteiger partial charge in [0.15, 0.2) is 0 Å². The minimum Gasteiger partial charge on any atom is -0.325 e. The molecule has 0 aliphatic rings. The number of aromatic nitrogens is 1. The molecule has 6 heteroatoms. The van der Waals surface area contributed by atoms with Gasteiger partial charge in [0.1, 0.15) is 4.90 Å². The van der Waals surface area contributed by atoms with E-state index < -0.39 is 10.0 Å². The molecule has 1 aromatic rings. The molecule has 1 aromatic heterocycles. The van der Waals surface area contributed by atoms with E-state index in [1.807, 2.05) is 0 Å². The van der Waals surface area contributed by atoms with Gasteiger partial charge in [0, 0.05) is 26.3 Å². The van der Waals surface area contributed by atoms with Crippen LogP contribution in [0.1, 0.15) is 12.6 Å². The molecule has 1 rings (SSSR count). The summed E-state index contributed by atoms with van der Waals surface area (Å²) in [6, 6.07) is 3.15. The number of hydrogen-bond acceptors (Lipinski definition) is 4. The molecule has 0 atom stereocenters. The van der Waals surface area contributed by atoms with Crippen LogP contribution < -0.4 is 5.73 Å². The predicted octanol–water partition coefficient (Wildman–Crippen LogP) is 0.181. The maximum absolute atomic E-state index is 11.8. The molecular formula is C9H15N3O2S. The number of nitrogens with two attached hydrogens (primary N) is 1. The van der Waals surface area contributed by atoms with Crippen LogP contribution in [0.25, 0.3) is 0 Å². The molecule has 15 heavy (non-hydrogen) atoms. The van der Waals surface area contributed by atoms with Gasteiger partial charge >= 0.3 is 0 Å². The maximum atomic E-state index is 11.8. The molecule has 0 aliphatic carbocycles. The van der Waals surface area contributed by atoms with Gasteiger partial charge in [0.25, 0.3) is 0 Å². The first-order valence-electron chi connectivity index (χ1n) is 4.63.